The van der Waals surface area contributed by atoms with Crippen LogP contribution in [0.1, 0.15) is 35.7 Å². The fourth-order valence-corrected chi connectivity index (χ4v) is 5.09. The molecule has 0 aliphatic carbocycles. The molecular weight excluding hydrogens is 337 g/mol. The molecule has 0 N–H and O–H groups in total. The predicted octanol–water partition coefficient (Wildman–Crippen LogP) is 2.81. The number of hydrogen-bond acceptors (Lipinski definition) is 5. The first-order valence-corrected chi connectivity index (χ1v) is 9.84. The molecule has 5 nitrogen and oxygen atoms in total. The van der Waals surface area contributed by atoms with E-state index >= 15 is 0 Å². The fourth-order valence-electron chi connectivity index (χ4n) is 2.67. The molecule has 1 saturated heterocycles. The van der Waals surface area contributed by atoms with Crippen molar-refractivity contribution in [3.05, 3.63) is 40.1 Å². The van der Waals surface area contributed by atoms with Crippen LogP contribution in [0, 0.1) is 5.82 Å². The summed E-state index contributed by atoms with van der Waals surface area (Å²) in [6, 6.07) is 4.98. The lowest BCUT2D eigenvalue weighted by atomic mass is 9.99. The molecule has 0 bridgehead atoms. The lowest BCUT2D eigenvalue weighted by Gasteiger charge is -2.30. The van der Waals surface area contributed by atoms with Crippen molar-refractivity contribution in [2.75, 3.05) is 13.1 Å². The van der Waals surface area contributed by atoms with Gasteiger partial charge in [-0.1, -0.05) is 6.92 Å². The number of hydrogen-bond donors (Lipinski definition) is 0. The molecule has 0 saturated carbocycles. The number of sulfonamides is 1. The van der Waals surface area contributed by atoms with Gasteiger partial charge in [-0.2, -0.15) is 4.31 Å². The van der Waals surface area contributed by atoms with Crippen LogP contribution in [-0.2, 0) is 16.4 Å². The van der Waals surface area contributed by atoms with E-state index in [0.29, 0.717) is 13.1 Å². The summed E-state index contributed by atoms with van der Waals surface area (Å²) in [5.41, 5.74) is 0. The summed E-state index contributed by atoms with van der Waals surface area (Å²) < 4.78 is 39.6. The Morgan fingerprint density at radius 1 is 1.22 bits per heavy atom. The molecule has 2 aromatic rings. The normalized spacial score (nSPS) is 17.5. The third-order valence-electron chi connectivity index (χ3n) is 4.04. The largest absolute Gasteiger partial charge is 0.243 e. The lowest BCUT2D eigenvalue weighted by Crippen LogP contribution is -2.37. The molecule has 1 aromatic heterocycles. The van der Waals surface area contributed by atoms with Crippen LogP contribution in [0.2, 0.25) is 0 Å². The Kier molecular flexibility index (Phi) is 4.74. The summed E-state index contributed by atoms with van der Waals surface area (Å²) in [4.78, 5) is 0.140. The van der Waals surface area contributed by atoms with Crippen LogP contribution >= 0.6 is 11.3 Å². The first-order chi connectivity index (χ1) is 11.0. The van der Waals surface area contributed by atoms with Gasteiger partial charge in [-0.3, -0.25) is 0 Å². The molecule has 8 heteroatoms. The van der Waals surface area contributed by atoms with E-state index < -0.39 is 15.8 Å². The second-order valence-electron chi connectivity index (χ2n) is 5.52. The third kappa shape index (κ3) is 3.44. The van der Waals surface area contributed by atoms with Crippen molar-refractivity contribution in [3.63, 3.8) is 0 Å². The van der Waals surface area contributed by atoms with E-state index in [1.165, 1.54) is 28.6 Å². The highest BCUT2D eigenvalue weighted by molar-refractivity contribution is 7.89. The van der Waals surface area contributed by atoms with Crippen molar-refractivity contribution in [1.29, 1.82) is 0 Å². The molecule has 1 fully saturated rings. The van der Waals surface area contributed by atoms with Gasteiger partial charge in [0.1, 0.15) is 15.8 Å². The average Bonchev–Trinajstić information content (AvgIpc) is 3.04. The van der Waals surface area contributed by atoms with Crippen LogP contribution < -0.4 is 0 Å². The van der Waals surface area contributed by atoms with E-state index in [-0.39, 0.29) is 10.8 Å². The molecule has 3 rings (SSSR count). The third-order valence-corrected chi connectivity index (χ3v) is 7.18. The highest BCUT2D eigenvalue weighted by Crippen LogP contribution is 2.32. The maximum Gasteiger partial charge on any atom is 0.243 e. The minimum atomic E-state index is -3.55. The van der Waals surface area contributed by atoms with Gasteiger partial charge in [-0.25, -0.2) is 12.8 Å². The molecule has 1 aliphatic heterocycles. The van der Waals surface area contributed by atoms with E-state index in [4.69, 9.17) is 0 Å². The van der Waals surface area contributed by atoms with E-state index in [1.807, 2.05) is 6.92 Å². The molecule has 2 heterocycles. The zero-order valence-electron chi connectivity index (χ0n) is 12.8. The van der Waals surface area contributed by atoms with Gasteiger partial charge >= 0.3 is 0 Å². The van der Waals surface area contributed by atoms with Crippen molar-refractivity contribution in [2.24, 2.45) is 0 Å². The zero-order valence-corrected chi connectivity index (χ0v) is 14.4. The van der Waals surface area contributed by atoms with Crippen molar-refractivity contribution >= 4 is 21.4 Å². The number of piperidine rings is 1. The first-order valence-electron chi connectivity index (χ1n) is 7.58. The molecular formula is C15H18FN3O2S2. The van der Waals surface area contributed by atoms with E-state index in [9.17, 15) is 12.8 Å². The lowest BCUT2D eigenvalue weighted by molar-refractivity contribution is 0.318. The number of rotatable bonds is 4. The molecule has 0 amide bonds. The van der Waals surface area contributed by atoms with Gasteiger partial charge in [0, 0.05) is 19.0 Å². The summed E-state index contributed by atoms with van der Waals surface area (Å²) in [5, 5.41) is 10.4. The molecule has 0 atom stereocenters. The summed E-state index contributed by atoms with van der Waals surface area (Å²) in [5.74, 6) is -0.168. The van der Waals surface area contributed by atoms with Crippen LogP contribution in [0.3, 0.4) is 0 Å². The number of nitrogens with zero attached hydrogens (tertiary/aromatic N) is 3. The highest BCUT2D eigenvalue weighted by Gasteiger charge is 2.31. The summed E-state index contributed by atoms with van der Waals surface area (Å²) in [6.07, 6.45) is 2.34. The minimum absolute atomic E-state index is 0.140. The summed E-state index contributed by atoms with van der Waals surface area (Å²) >= 11 is 1.61. The van der Waals surface area contributed by atoms with Crippen molar-refractivity contribution in [2.45, 2.75) is 37.0 Å². The van der Waals surface area contributed by atoms with Crippen LogP contribution in [0.4, 0.5) is 4.39 Å². The van der Waals surface area contributed by atoms with Crippen LogP contribution in [0.15, 0.2) is 29.2 Å². The standard InChI is InChI=1S/C15H18FN3O2S2/c1-2-14-17-18-15(22-14)11-7-9-19(10-8-11)23(20,21)13-5-3-12(16)4-6-13/h3-6,11H,2,7-10H2,1H3. The molecule has 1 aliphatic rings. The number of halogens is 1. The topological polar surface area (TPSA) is 63.2 Å². The van der Waals surface area contributed by atoms with Crippen molar-refractivity contribution in [1.82, 2.24) is 14.5 Å². The predicted molar refractivity (Wildman–Crippen MR) is 86.4 cm³/mol. The van der Waals surface area contributed by atoms with E-state index in [1.54, 1.807) is 11.3 Å². The Hall–Kier alpha value is -1.38. The van der Waals surface area contributed by atoms with Gasteiger partial charge in [0.05, 0.1) is 4.90 Å². The van der Waals surface area contributed by atoms with E-state index in [0.717, 1.165) is 29.3 Å². The smallest absolute Gasteiger partial charge is 0.207 e. The van der Waals surface area contributed by atoms with Gasteiger partial charge < -0.3 is 0 Å². The minimum Gasteiger partial charge on any atom is -0.207 e. The van der Waals surface area contributed by atoms with Gasteiger partial charge in [-0.15, -0.1) is 21.5 Å². The van der Waals surface area contributed by atoms with Crippen molar-refractivity contribution < 1.29 is 12.8 Å². The number of benzene rings is 1. The SMILES string of the molecule is CCc1nnc(C2CCN(S(=O)(=O)c3ccc(F)cc3)CC2)s1. The molecule has 0 radical (unpaired) electrons. The Bertz CT molecular complexity index is 766. The van der Waals surface area contributed by atoms with E-state index in [2.05, 4.69) is 10.2 Å². The molecule has 1 aromatic carbocycles. The second-order valence-corrected chi connectivity index (χ2v) is 8.55. The molecule has 124 valence electrons. The van der Waals surface area contributed by atoms with Gasteiger partial charge in [0.15, 0.2) is 0 Å². The molecule has 0 spiro atoms. The van der Waals surface area contributed by atoms with Gasteiger partial charge in [0.2, 0.25) is 10.0 Å². The second kappa shape index (κ2) is 6.62. The summed E-state index contributed by atoms with van der Waals surface area (Å²) in [6.45, 7) is 2.94. The van der Waals surface area contributed by atoms with Crippen LogP contribution in [0.5, 0.6) is 0 Å². The maximum atomic E-state index is 13.0. The van der Waals surface area contributed by atoms with Crippen LogP contribution in [0.25, 0.3) is 0 Å². The fraction of sp³-hybridized carbons (Fsp3) is 0.467. The molecule has 23 heavy (non-hydrogen) atoms. The summed E-state index contributed by atoms with van der Waals surface area (Å²) in [7, 11) is -3.55. The monoisotopic (exact) mass is 355 g/mol. The number of aryl methyl sites for hydroxylation is 1. The maximum absolute atomic E-state index is 13.0. The Labute approximate surface area is 139 Å². The average molecular weight is 355 g/mol. The Morgan fingerprint density at radius 2 is 1.87 bits per heavy atom. The number of aromatic nitrogens is 2. The Balaban J connectivity index is 1.69. The Morgan fingerprint density at radius 3 is 2.43 bits per heavy atom. The van der Waals surface area contributed by atoms with Gasteiger partial charge in [-0.05, 0) is 43.5 Å². The zero-order chi connectivity index (χ0) is 16.4. The highest BCUT2D eigenvalue weighted by atomic mass is 32.2. The first kappa shape index (κ1) is 16.5. The van der Waals surface area contributed by atoms with Crippen LogP contribution in [-0.4, -0.2) is 36.0 Å². The molecule has 0 unspecified atom stereocenters. The van der Waals surface area contributed by atoms with Gasteiger partial charge in [0.25, 0.3) is 0 Å². The van der Waals surface area contributed by atoms with Crippen molar-refractivity contribution in [3.8, 4) is 0 Å². The quantitative estimate of drug-likeness (QED) is 0.846.